The summed E-state index contributed by atoms with van der Waals surface area (Å²) in [7, 11) is 1.49. The molecule has 1 aliphatic rings. The minimum absolute atomic E-state index is 0.00561. The van der Waals surface area contributed by atoms with E-state index in [-0.39, 0.29) is 37.1 Å². The zero-order valence-corrected chi connectivity index (χ0v) is 14.0. The number of nitrogens with zero attached hydrogens (tertiary/aromatic N) is 1. The molecule has 140 valence electrons. The molecule has 9 heteroatoms. The van der Waals surface area contributed by atoms with Crippen molar-refractivity contribution in [1.29, 1.82) is 0 Å². The fourth-order valence-corrected chi connectivity index (χ4v) is 2.43. The van der Waals surface area contributed by atoms with Crippen molar-refractivity contribution in [3.63, 3.8) is 0 Å². The van der Waals surface area contributed by atoms with Crippen LogP contribution in [0.1, 0.15) is 5.56 Å². The van der Waals surface area contributed by atoms with E-state index in [2.05, 4.69) is 10.6 Å². The van der Waals surface area contributed by atoms with E-state index < -0.39 is 11.7 Å². The van der Waals surface area contributed by atoms with Crippen molar-refractivity contribution in [1.82, 2.24) is 10.2 Å². The molecule has 0 bridgehead atoms. The van der Waals surface area contributed by atoms with Gasteiger partial charge in [-0.25, -0.2) is 0 Å². The first-order chi connectivity index (χ1) is 11.9. The second kappa shape index (κ2) is 9.02. The number of methoxy groups -OCH3 is 1. The predicted molar refractivity (Wildman–Crippen MR) is 86.8 cm³/mol. The fourth-order valence-electron chi connectivity index (χ4n) is 2.43. The molecule has 1 amide bonds. The third-order valence-corrected chi connectivity index (χ3v) is 3.70. The Kier molecular flexibility index (Phi) is 7.03. The van der Waals surface area contributed by atoms with Crippen LogP contribution in [0.3, 0.4) is 0 Å². The van der Waals surface area contributed by atoms with Gasteiger partial charge in [0.1, 0.15) is 12.4 Å². The summed E-state index contributed by atoms with van der Waals surface area (Å²) >= 11 is 0. The third-order valence-electron chi connectivity index (χ3n) is 3.70. The Morgan fingerprint density at radius 1 is 1.28 bits per heavy atom. The monoisotopic (exact) mass is 361 g/mol. The number of hydrogen-bond donors (Lipinski definition) is 2. The van der Waals surface area contributed by atoms with E-state index in [9.17, 15) is 18.0 Å². The lowest BCUT2D eigenvalue weighted by Gasteiger charge is -2.26. The molecule has 0 aliphatic carbocycles. The fraction of sp³-hybridized carbons (Fsp3) is 0.562. The summed E-state index contributed by atoms with van der Waals surface area (Å²) < 4.78 is 49.0. The predicted octanol–water partition coefficient (Wildman–Crippen LogP) is 1.57. The molecule has 2 N–H and O–H groups in total. The quantitative estimate of drug-likeness (QED) is 0.722. The maximum absolute atomic E-state index is 12.9. The number of amides is 1. The van der Waals surface area contributed by atoms with E-state index in [1.807, 2.05) is 4.90 Å². The number of piperazine rings is 1. The van der Waals surface area contributed by atoms with Crippen LogP contribution < -0.4 is 15.4 Å². The van der Waals surface area contributed by atoms with E-state index in [0.717, 1.165) is 25.2 Å². The van der Waals surface area contributed by atoms with Crippen molar-refractivity contribution < 1.29 is 27.4 Å². The van der Waals surface area contributed by atoms with Gasteiger partial charge in [-0.1, -0.05) is 0 Å². The summed E-state index contributed by atoms with van der Waals surface area (Å²) in [4.78, 5) is 14.1. The Hall–Kier alpha value is -1.84. The maximum Gasteiger partial charge on any atom is 0.416 e. The standard InChI is InChI=1S/C16H22F3N3O3/c1-24-8-9-25-14-3-2-12(16(17,18)19)10-13(14)21-15(23)11-22-6-4-20-5-7-22/h2-3,10,20H,4-9,11H2,1H3,(H,21,23). The number of halogens is 3. The number of rotatable bonds is 7. The molecule has 0 saturated carbocycles. The summed E-state index contributed by atoms with van der Waals surface area (Å²) in [5.41, 5.74) is -0.838. The highest BCUT2D eigenvalue weighted by atomic mass is 19.4. The Morgan fingerprint density at radius 2 is 2.00 bits per heavy atom. The molecule has 0 aromatic heterocycles. The molecule has 1 aromatic carbocycles. The minimum atomic E-state index is -4.50. The summed E-state index contributed by atoms with van der Waals surface area (Å²) in [5, 5.41) is 5.70. The van der Waals surface area contributed by atoms with Crippen molar-refractivity contribution in [2.24, 2.45) is 0 Å². The molecule has 1 saturated heterocycles. The molecule has 1 fully saturated rings. The molecule has 0 unspecified atom stereocenters. The first-order valence-electron chi connectivity index (χ1n) is 7.96. The lowest BCUT2D eigenvalue weighted by atomic mass is 10.1. The van der Waals surface area contributed by atoms with Gasteiger partial charge in [0.15, 0.2) is 0 Å². The van der Waals surface area contributed by atoms with Gasteiger partial charge in [0.05, 0.1) is 24.4 Å². The van der Waals surface area contributed by atoms with Crippen molar-refractivity contribution in [2.45, 2.75) is 6.18 Å². The number of carbonyl (C=O) groups is 1. The van der Waals surface area contributed by atoms with Crippen LogP contribution in [0.2, 0.25) is 0 Å². The smallest absolute Gasteiger partial charge is 0.416 e. The van der Waals surface area contributed by atoms with Crippen LogP contribution in [0.15, 0.2) is 18.2 Å². The van der Waals surface area contributed by atoms with Gasteiger partial charge in [-0.2, -0.15) is 13.2 Å². The molecule has 0 radical (unpaired) electrons. The molecule has 1 heterocycles. The number of carbonyl (C=O) groups excluding carboxylic acids is 1. The summed E-state index contributed by atoms with van der Waals surface area (Å²) in [5.74, 6) is -0.198. The minimum Gasteiger partial charge on any atom is -0.489 e. The van der Waals surface area contributed by atoms with Gasteiger partial charge in [-0.05, 0) is 18.2 Å². The van der Waals surface area contributed by atoms with Crippen molar-refractivity contribution >= 4 is 11.6 Å². The first kappa shape index (κ1) is 19.5. The molecular weight excluding hydrogens is 339 g/mol. The van der Waals surface area contributed by atoms with E-state index in [1.165, 1.54) is 13.2 Å². The van der Waals surface area contributed by atoms with Gasteiger partial charge in [-0.15, -0.1) is 0 Å². The van der Waals surface area contributed by atoms with E-state index >= 15 is 0 Å². The van der Waals surface area contributed by atoms with E-state index in [4.69, 9.17) is 9.47 Å². The van der Waals surface area contributed by atoms with Crippen LogP contribution in [0.4, 0.5) is 18.9 Å². The molecule has 0 spiro atoms. The summed E-state index contributed by atoms with van der Waals surface area (Å²) in [6.07, 6.45) is -4.50. The molecule has 2 rings (SSSR count). The number of anilines is 1. The van der Waals surface area contributed by atoms with Crippen LogP contribution in [-0.2, 0) is 15.7 Å². The molecule has 25 heavy (non-hydrogen) atoms. The van der Waals surface area contributed by atoms with Crippen LogP contribution in [0.25, 0.3) is 0 Å². The van der Waals surface area contributed by atoms with Crippen LogP contribution in [-0.4, -0.2) is 63.9 Å². The van der Waals surface area contributed by atoms with Crippen LogP contribution in [0, 0.1) is 0 Å². The number of hydrogen-bond acceptors (Lipinski definition) is 5. The molecule has 0 atom stereocenters. The van der Waals surface area contributed by atoms with Gasteiger partial charge >= 0.3 is 6.18 Å². The largest absolute Gasteiger partial charge is 0.489 e. The third kappa shape index (κ3) is 6.18. The van der Waals surface area contributed by atoms with Crippen LogP contribution in [0.5, 0.6) is 5.75 Å². The maximum atomic E-state index is 12.9. The lowest BCUT2D eigenvalue weighted by molar-refractivity contribution is -0.137. The van der Waals surface area contributed by atoms with Gasteiger partial charge in [-0.3, -0.25) is 9.69 Å². The zero-order valence-electron chi connectivity index (χ0n) is 14.0. The van der Waals surface area contributed by atoms with Gasteiger partial charge in [0.25, 0.3) is 0 Å². The average molecular weight is 361 g/mol. The van der Waals surface area contributed by atoms with Crippen molar-refractivity contribution in [3.8, 4) is 5.75 Å². The van der Waals surface area contributed by atoms with Crippen molar-refractivity contribution in [2.75, 3.05) is 58.4 Å². The number of benzene rings is 1. The van der Waals surface area contributed by atoms with Crippen LogP contribution >= 0.6 is 0 Å². The molecule has 1 aromatic rings. The highest BCUT2D eigenvalue weighted by Crippen LogP contribution is 2.35. The zero-order chi connectivity index (χ0) is 18.3. The normalized spacial score (nSPS) is 15.8. The highest BCUT2D eigenvalue weighted by molar-refractivity contribution is 5.93. The summed E-state index contributed by atoms with van der Waals surface area (Å²) in [6.45, 7) is 3.57. The number of nitrogens with one attached hydrogen (secondary N) is 2. The van der Waals surface area contributed by atoms with Gasteiger partial charge < -0.3 is 20.1 Å². The second-order valence-electron chi connectivity index (χ2n) is 5.62. The second-order valence-corrected chi connectivity index (χ2v) is 5.62. The van der Waals surface area contributed by atoms with Crippen molar-refractivity contribution in [3.05, 3.63) is 23.8 Å². The highest BCUT2D eigenvalue weighted by Gasteiger charge is 2.31. The lowest BCUT2D eigenvalue weighted by Crippen LogP contribution is -2.46. The number of alkyl halides is 3. The SMILES string of the molecule is COCCOc1ccc(C(F)(F)F)cc1NC(=O)CN1CCNCC1. The Bertz CT molecular complexity index is 575. The molecule has 6 nitrogen and oxygen atoms in total. The summed E-state index contributed by atoms with van der Waals surface area (Å²) in [6, 6.07) is 3.02. The van der Waals surface area contributed by atoms with E-state index in [1.54, 1.807) is 0 Å². The Labute approximate surface area is 144 Å². The Balaban J connectivity index is 2.09. The van der Waals surface area contributed by atoms with Gasteiger partial charge in [0, 0.05) is 33.3 Å². The van der Waals surface area contributed by atoms with E-state index in [0.29, 0.717) is 13.1 Å². The topological polar surface area (TPSA) is 62.8 Å². The first-order valence-corrected chi connectivity index (χ1v) is 7.96. The Morgan fingerprint density at radius 3 is 2.64 bits per heavy atom. The average Bonchev–Trinajstić information content (AvgIpc) is 2.56. The molecular formula is C16H22F3N3O3. The van der Waals surface area contributed by atoms with Gasteiger partial charge in [0.2, 0.25) is 5.91 Å². The number of ether oxygens (including phenoxy) is 2. The molecule has 1 aliphatic heterocycles.